The number of carbonyl (C=O) groups is 4. The van der Waals surface area contributed by atoms with Crippen LogP contribution in [0.25, 0.3) is 0 Å². The Hall–Kier alpha value is -4.24. The van der Waals surface area contributed by atoms with Crippen molar-refractivity contribution in [3.8, 4) is 0 Å². The minimum Gasteiger partial charge on any atom is -0.339 e. The molecule has 0 spiro atoms. The minimum atomic E-state index is -0.977. The third-order valence-electron chi connectivity index (χ3n) is 9.17. The maximum Gasteiger partial charge on any atom is 0.270 e. The molecule has 0 radical (unpaired) electrons. The molecule has 0 unspecified atom stereocenters. The van der Waals surface area contributed by atoms with Gasteiger partial charge in [0.2, 0.25) is 11.8 Å². The van der Waals surface area contributed by atoms with E-state index in [0.717, 1.165) is 43.6 Å². The Morgan fingerprint density at radius 2 is 1.77 bits per heavy atom. The van der Waals surface area contributed by atoms with E-state index in [1.54, 1.807) is 28.6 Å². The number of nitrogens with one attached hydrogen (secondary N) is 3. The lowest BCUT2D eigenvalue weighted by Gasteiger charge is -2.36. The van der Waals surface area contributed by atoms with Crippen LogP contribution in [-0.4, -0.2) is 98.1 Å². The Labute approximate surface area is 277 Å². The number of halogens is 1. The number of rotatable bonds is 11. The minimum absolute atomic E-state index is 0.0404. The standard InChI is InChI=1S/C32H42FN9O4S/c1-4-42-25(12-13-35-42)29(43)38-28(21-8-6-5-7-9-21)31(45)36-24-11-10-22(18-23(24)33)20(2)27(37-30(44)26-19-34-39-47-26)32(46)41-16-14-40(3)15-17-41/h10-13,18-21,27-28H,4-9,14-17H2,1-3H3,(H,36,45)(H,37,44)(H,38,43)/t20-,27+,28-/m0/s1. The summed E-state index contributed by atoms with van der Waals surface area (Å²) in [5.41, 5.74) is 0.784. The van der Waals surface area contributed by atoms with E-state index in [1.807, 2.05) is 14.0 Å². The predicted octanol–water partition coefficient (Wildman–Crippen LogP) is 2.89. The number of amides is 4. The highest BCUT2D eigenvalue weighted by Gasteiger charge is 2.35. The Balaban J connectivity index is 1.33. The van der Waals surface area contributed by atoms with Gasteiger partial charge in [0.25, 0.3) is 11.8 Å². The number of aromatic nitrogens is 4. The van der Waals surface area contributed by atoms with E-state index in [0.29, 0.717) is 44.0 Å². The average molecular weight is 668 g/mol. The molecule has 1 aliphatic carbocycles. The number of nitrogens with zero attached hydrogens (tertiary/aromatic N) is 6. The molecule has 47 heavy (non-hydrogen) atoms. The molecule has 3 N–H and O–H groups in total. The zero-order valence-corrected chi connectivity index (χ0v) is 27.8. The summed E-state index contributed by atoms with van der Waals surface area (Å²) in [7, 11) is 1.98. The fraction of sp³-hybridized carbons (Fsp3) is 0.531. The molecule has 4 amide bonds. The van der Waals surface area contributed by atoms with Crippen molar-refractivity contribution in [3.63, 3.8) is 0 Å². The second-order valence-corrected chi connectivity index (χ2v) is 13.0. The average Bonchev–Trinajstić information content (AvgIpc) is 3.80. The van der Waals surface area contributed by atoms with Crippen LogP contribution in [0.15, 0.2) is 36.7 Å². The molecule has 3 heterocycles. The monoisotopic (exact) mass is 667 g/mol. The lowest BCUT2D eigenvalue weighted by molar-refractivity contribution is -0.135. The van der Waals surface area contributed by atoms with Crippen LogP contribution in [0.5, 0.6) is 0 Å². The number of aryl methyl sites for hydroxylation is 1. The smallest absolute Gasteiger partial charge is 0.270 e. The van der Waals surface area contributed by atoms with E-state index in [4.69, 9.17) is 0 Å². The van der Waals surface area contributed by atoms with Crippen LogP contribution in [0.1, 0.15) is 77.6 Å². The van der Waals surface area contributed by atoms with Crippen molar-refractivity contribution in [3.05, 3.63) is 58.6 Å². The zero-order chi connectivity index (χ0) is 33.5. The molecule has 5 rings (SSSR count). The first-order valence-electron chi connectivity index (χ1n) is 16.1. The summed E-state index contributed by atoms with van der Waals surface area (Å²) in [6, 6.07) is 4.14. The first kappa shape index (κ1) is 34.1. The second-order valence-electron chi connectivity index (χ2n) is 12.3. The van der Waals surface area contributed by atoms with Crippen LogP contribution in [0.4, 0.5) is 10.1 Å². The first-order valence-corrected chi connectivity index (χ1v) is 16.9. The molecule has 3 atom stereocenters. The molecule has 2 fully saturated rings. The molecule has 2 aromatic heterocycles. The van der Waals surface area contributed by atoms with Gasteiger partial charge in [-0.25, -0.2) is 4.39 Å². The van der Waals surface area contributed by atoms with E-state index in [-0.39, 0.29) is 22.4 Å². The van der Waals surface area contributed by atoms with Crippen molar-refractivity contribution in [2.24, 2.45) is 5.92 Å². The van der Waals surface area contributed by atoms with Crippen LogP contribution in [0.2, 0.25) is 0 Å². The molecule has 15 heteroatoms. The largest absolute Gasteiger partial charge is 0.339 e. The van der Waals surface area contributed by atoms with E-state index in [1.165, 1.54) is 24.5 Å². The summed E-state index contributed by atoms with van der Waals surface area (Å²) >= 11 is 0.920. The summed E-state index contributed by atoms with van der Waals surface area (Å²) < 4.78 is 21.0. The van der Waals surface area contributed by atoms with Gasteiger partial charge in [0.05, 0.1) is 11.9 Å². The zero-order valence-electron chi connectivity index (χ0n) is 26.9. The molecule has 1 aromatic carbocycles. The molecular weight excluding hydrogens is 625 g/mol. The van der Waals surface area contributed by atoms with Gasteiger partial charge in [-0.1, -0.05) is 36.7 Å². The van der Waals surface area contributed by atoms with Crippen molar-refractivity contribution >= 4 is 40.8 Å². The molecule has 1 saturated heterocycles. The van der Waals surface area contributed by atoms with E-state index in [2.05, 4.69) is 35.5 Å². The number of piperazine rings is 1. The summed E-state index contributed by atoms with van der Waals surface area (Å²) in [6.07, 6.45) is 7.38. The Morgan fingerprint density at radius 1 is 1.02 bits per heavy atom. The maximum absolute atomic E-state index is 15.7. The number of benzene rings is 1. The highest BCUT2D eigenvalue weighted by molar-refractivity contribution is 7.07. The van der Waals surface area contributed by atoms with Crippen LogP contribution in [0.3, 0.4) is 0 Å². The molecule has 0 bridgehead atoms. The van der Waals surface area contributed by atoms with Gasteiger partial charge in [0, 0.05) is 44.8 Å². The third-order valence-corrected chi connectivity index (χ3v) is 9.83. The molecule has 1 saturated carbocycles. The van der Waals surface area contributed by atoms with Crippen LogP contribution in [-0.2, 0) is 16.1 Å². The van der Waals surface area contributed by atoms with Gasteiger partial charge in [-0.15, -0.1) is 5.10 Å². The summed E-state index contributed by atoms with van der Waals surface area (Å²) in [4.78, 5) is 57.7. The fourth-order valence-corrected chi connectivity index (χ4v) is 6.70. The van der Waals surface area contributed by atoms with Gasteiger partial charge < -0.3 is 25.8 Å². The van der Waals surface area contributed by atoms with Crippen molar-refractivity contribution in [1.82, 2.24) is 39.8 Å². The number of hydrogen-bond acceptors (Lipinski definition) is 9. The lowest BCUT2D eigenvalue weighted by Crippen LogP contribution is -2.55. The Kier molecular flexibility index (Phi) is 11.3. The molecule has 13 nitrogen and oxygen atoms in total. The van der Waals surface area contributed by atoms with Crippen molar-refractivity contribution in [2.45, 2.75) is 70.5 Å². The molecule has 2 aliphatic rings. The highest BCUT2D eigenvalue weighted by Crippen LogP contribution is 2.29. The van der Waals surface area contributed by atoms with Crippen LogP contribution >= 0.6 is 11.5 Å². The summed E-state index contributed by atoms with van der Waals surface area (Å²) in [6.45, 7) is 6.55. The number of carbonyl (C=O) groups excluding carboxylic acids is 4. The summed E-state index contributed by atoms with van der Waals surface area (Å²) in [5, 5.41) is 16.3. The van der Waals surface area contributed by atoms with E-state index in [9.17, 15) is 19.2 Å². The van der Waals surface area contributed by atoms with Gasteiger partial charge in [0.15, 0.2) is 0 Å². The Morgan fingerprint density at radius 3 is 2.43 bits per heavy atom. The maximum atomic E-state index is 15.7. The van der Waals surface area contributed by atoms with Crippen LogP contribution in [0, 0.1) is 11.7 Å². The normalized spacial score (nSPS) is 17.8. The molecule has 1 aliphatic heterocycles. The first-order chi connectivity index (χ1) is 22.7. The third kappa shape index (κ3) is 8.19. The number of hydrogen-bond donors (Lipinski definition) is 3. The molecular formula is C32H42FN9O4S. The summed E-state index contributed by atoms with van der Waals surface area (Å²) in [5.74, 6) is -3.04. The fourth-order valence-electron chi connectivity index (χ4n) is 6.28. The van der Waals surface area contributed by atoms with Gasteiger partial charge in [-0.3, -0.25) is 23.9 Å². The van der Waals surface area contributed by atoms with Gasteiger partial charge in [0.1, 0.15) is 28.5 Å². The van der Waals surface area contributed by atoms with E-state index < -0.39 is 41.5 Å². The number of anilines is 1. The van der Waals surface area contributed by atoms with Crippen molar-refractivity contribution in [1.29, 1.82) is 0 Å². The Bertz CT molecular complexity index is 1550. The van der Waals surface area contributed by atoms with Gasteiger partial charge in [-0.2, -0.15) is 5.10 Å². The lowest BCUT2D eigenvalue weighted by atomic mass is 9.83. The molecule has 252 valence electrons. The molecule has 3 aromatic rings. The van der Waals surface area contributed by atoms with E-state index >= 15 is 4.39 Å². The second kappa shape index (κ2) is 15.6. The van der Waals surface area contributed by atoms with Crippen molar-refractivity contribution in [2.75, 3.05) is 38.5 Å². The van der Waals surface area contributed by atoms with Crippen molar-refractivity contribution < 1.29 is 23.6 Å². The predicted molar refractivity (Wildman–Crippen MR) is 174 cm³/mol. The SMILES string of the molecule is CCn1nccc1C(=O)N[C@H](C(=O)Nc1ccc([C@H](C)[C@@H](NC(=O)c2cnns2)C(=O)N2CCN(C)CC2)cc1F)C1CCCCC1. The topological polar surface area (TPSA) is 154 Å². The van der Waals surface area contributed by atoms with Gasteiger partial charge in [-0.05, 0) is 68.0 Å². The van der Waals surface area contributed by atoms with Gasteiger partial charge >= 0.3 is 0 Å². The number of likely N-dealkylation sites (N-methyl/N-ethyl adjacent to an activating group) is 1. The highest BCUT2D eigenvalue weighted by atomic mass is 32.1. The quantitative estimate of drug-likeness (QED) is 0.282. The van der Waals surface area contributed by atoms with Crippen LogP contribution < -0.4 is 16.0 Å².